The molecule has 25 heavy (non-hydrogen) atoms. The van der Waals surface area contributed by atoms with Gasteiger partial charge in [-0.15, -0.1) is 11.3 Å². The van der Waals surface area contributed by atoms with Crippen molar-refractivity contribution in [1.82, 2.24) is 10.2 Å². The van der Waals surface area contributed by atoms with Crippen molar-refractivity contribution in [2.45, 2.75) is 13.0 Å². The number of carbonyl (C=O) groups excluding carboxylic acids is 1. The standard InChI is InChI=1S/C18H23N3O2S2/c1-4-23-17(22)13-7-9-14(10-8-13)20-18(24)19-12-15(21(2)3)16-6-5-11-25-16/h5-11,15H,4,12H2,1-3H3,(H2,19,20,24)/t15-/m0/s1. The Morgan fingerprint density at radius 2 is 2.00 bits per heavy atom. The molecule has 0 radical (unpaired) electrons. The van der Waals surface area contributed by atoms with Gasteiger partial charge in [0.25, 0.3) is 0 Å². The van der Waals surface area contributed by atoms with Gasteiger partial charge >= 0.3 is 5.97 Å². The van der Waals surface area contributed by atoms with Crippen LogP contribution in [-0.2, 0) is 4.74 Å². The van der Waals surface area contributed by atoms with Crippen LogP contribution >= 0.6 is 23.6 Å². The van der Waals surface area contributed by atoms with Crippen molar-refractivity contribution >= 4 is 40.3 Å². The molecule has 7 heteroatoms. The molecule has 134 valence electrons. The Balaban J connectivity index is 1.88. The second-order valence-electron chi connectivity index (χ2n) is 5.63. The molecule has 1 atom stereocenters. The van der Waals surface area contributed by atoms with Crippen LogP contribution in [0.25, 0.3) is 0 Å². The topological polar surface area (TPSA) is 53.6 Å². The van der Waals surface area contributed by atoms with E-state index in [1.807, 2.05) is 12.1 Å². The first-order valence-corrected chi connectivity index (χ1v) is 9.32. The summed E-state index contributed by atoms with van der Waals surface area (Å²) >= 11 is 7.10. The summed E-state index contributed by atoms with van der Waals surface area (Å²) in [5, 5.41) is 9.01. The minimum absolute atomic E-state index is 0.256. The number of anilines is 1. The van der Waals surface area contributed by atoms with Gasteiger partial charge in [0.05, 0.1) is 18.2 Å². The molecule has 2 rings (SSSR count). The Kier molecular flexibility index (Phi) is 7.36. The van der Waals surface area contributed by atoms with Gasteiger partial charge in [-0.1, -0.05) is 6.07 Å². The quantitative estimate of drug-likeness (QED) is 0.569. The molecular formula is C18H23N3O2S2. The highest BCUT2D eigenvalue weighted by Gasteiger charge is 2.15. The second-order valence-corrected chi connectivity index (χ2v) is 7.02. The fraction of sp³-hybridized carbons (Fsp3) is 0.333. The Bertz CT molecular complexity index is 685. The lowest BCUT2D eigenvalue weighted by Crippen LogP contribution is -2.36. The third kappa shape index (κ3) is 5.81. The van der Waals surface area contributed by atoms with Crippen molar-refractivity contribution < 1.29 is 9.53 Å². The molecule has 2 N–H and O–H groups in total. The van der Waals surface area contributed by atoms with E-state index in [9.17, 15) is 4.79 Å². The summed E-state index contributed by atoms with van der Waals surface area (Å²) in [7, 11) is 4.10. The molecule has 0 saturated carbocycles. The van der Waals surface area contributed by atoms with Gasteiger partial charge in [-0.05, 0) is 68.9 Å². The molecule has 0 aliphatic carbocycles. The SMILES string of the molecule is CCOC(=O)c1ccc(NC(=S)NC[C@@H](c2cccs2)N(C)C)cc1. The van der Waals surface area contributed by atoms with E-state index in [1.54, 1.807) is 30.4 Å². The van der Waals surface area contributed by atoms with Crippen molar-refractivity contribution in [3.05, 3.63) is 52.2 Å². The Labute approximate surface area is 158 Å². The van der Waals surface area contributed by atoms with E-state index in [-0.39, 0.29) is 12.0 Å². The molecule has 0 bridgehead atoms. The minimum Gasteiger partial charge on any atom is -0.462 e. The molecule has 1 aromatic heterocycles. The van der Waals surface area contributed by atoms with Crippen LogP contribution < -0.4 is 10.6 Å². The van der Waals surface area contributed by atoms with E-state index in [0.29, 0.717) is 23.8 Å². The van der Waals surface area contributed by atoms with Crippen molar-refractivity contribution in [3.63, 3.8) is 0 Å². The van der Waals surface area contributed by atoms with E-state index in [2.05, 4.69) is 47.1 Å². The third-order valence-electron chi connectivity index (χ3n) is 3.60. The summed E-state index contributed by atoms with van der Waals surface area (Å²) in [4.78, 5) is 15.1. The van der Waals surface area contributed by atoms with Crippen LogP contribution in [0.1, 0.15) is 28.2 Å². The summed E-state index contributed by atoms with van der Waals surface area (Å²) in [5.74, 6) is -0.320. The van der Waals surface area contributed by atoms with Gasteiger partial charge in [-0.25, -0.2) is 4.79 Å². The summed E-state index contributed by atoms with van der Waals surface area (Å²) < 4.78 is 4.97. The third-order valence-corrected chi connectivity index (χ3v) is 4.82. The van der Waals surface area contributed by atoms with Crippen LogP contribution in [0.2, 0.25) is 0 Å². The maximum atomic E-state index is 11.6. The smallest absolute Gasteiger partial charge is 0.338 e. The molecule has 5 nitrogen and oxygen atoms in total. The predicted molar refractivity (Wildman–Crippen MR) is 107 cm³/mol. The Hall–Kier alpha value is -1.96. The van der Waals surface area contributed by atoms with Crippen LogP contribution in [0.3, 0.4) is 0 Å². The number of nitrogens with zero attached hydrogens (tertiary/aromatic N) is 1. The highest BCUT2D eigenvalue weighted by molar-refractivity contribution is 7.80. The molecule has 0 unspecified atom stereocenters. The van der Waals surface area contributed by atoms with Gasteiger partial charge in [0, 0.05) is 17.1 Å². The molecule has 0 fully saturated rings. The van der Waals surface area contributed by atoms with Crippen LogP contribution in [0, 0.1) is 0 Å². The fourth-order valence-corrected chi connectivity index (χ4v) is 3.41. The summed E-state index contributed by atoms with van der Waals surface area (Å²) in [5.41, 5.74) is 1.35. The van der Waals surface area contributed by atoms with Crippen LogP contribution in [-0.4, -0.2) is 43.2 Å². The molecular weight excluding hydrogens is 354 g/mol. The van der Waals surface area contributed by atoms with E-state index >= 15 is 0 Å². The van der Waals surface area contributed by atoms with E-state index in [1.165, 1.54) is 4.88 Å². The highest BCUT2D eigenvalue weighted by atomic mass is 32.1. The lowest BCUT2D eigenvalue weighted by molar-refractivity contribution is 0.0526. The van der Waals surface area contributed by atoms with Gasteiger partial charge in [-0.2, -0.15) is 0 Å². The number of hydrogen-bond acceptors (Lipinski definition) is 5. The average Bonchev–Trinajstić information content (AvgIpc) is 3.10. The zero-order valence-corrected chi connectivity index (χ0v) is 16.2. The maximum absolute atomic E-state index is 11.6. The molecule has 1 aromatic carbocycles. The van der Waals surface area contributed by atoms with E-state index in [0.717, 1.165) is 5.69 Å². The molecule has 0 saturated heterocycles. The van der Waals surface area contributed by atoms with Gasteiger partial charge in [-0.3, -0.25) is 0 Å². The van der Waals surface area contributed by atoms with Gasteiger partial charge < -0.3 is 20.3 Å². The van der Waals surface area contributed by atoms with Crippen LogP contribution in [0.15, 0.2) is 41.8 Å². The Morgan fingerprint density at radius 1 is 1.28 bits per heavy atom. The van der Waals surface area contributed by atoms with Crippen LogP contribution in [0.4, 0.5) is 5.69 Å². The number of ether oxygens (including phenoxy) is 1. The van der Waals surface area contributed by atoms with Crippen molar-refractivity contribution in [3.8, 4) is 0 Å². The molecule has 0 aliphatic rings. The zero-order valence-electron chi connectivity index (χ0n) is 14.6. The van der Waals surface area contributed by atoms with Crippen molar-refractivity contribution in [2.24, 2.45) is 0 Å². The highest BCUT2D eigenvalue weighted by Crippen LogP contribution is 2.22. The molecule has 0 spiro atoms. The normalized spacial score (nSPS) is 11.8. The molecule has 2 aromatic rings. The number of carbonyl (C=O) groups is 1. The first kappa shape index (κ1) is 19.4. The summed E-state index contributed by atoms with van der Waals surface area (Å²) in [6.07, 6.45) is 0. The van der Waals surface area contributed by atoms with Gasteiger partial charge in [0.1, 0.15) is 0 Å². The lowest BCUT2D eigenvalue weighted by atomic mass is 10.2. The fourth-order valence-electron chi connectivity index (χ4n) is 2.29. The Morgan fingerprint density at radius 3 is 2.56 bits per heavy atom. The zero-order chi connectivity index (χ0) is 18.2. The molecule has 0 amide bonds. The lowest BCUT2D eigenvalue weighted by Gasteiger charge is -2.24. The molecule has 0 aliphatic heterocycles. The number of thiophene rings is 1. The van der Waals surface area contributed by atoms with Crippen LogP contribution in [0.5, 0.6) is 0 Å². The molecule has 1 heterocycles. The maximum Gasteiger partial charge on any atom is 0.338 e. The monoisotopic (exact) mass is 377 g/mol. The number of esters is 1. The average molecular weight is 378 g/mol. The van der Waals surface area contributed by atoms with Crippen molar-refractivity contribution in [1.29, 1.82) is 0 Å². The van der Waals surface area contributed by atoms with E-state index in [4.69, 9.17) is 17.0 Å². The summed E-state index contributed by atoms with van der Waals surface area (Å²) in [6, 6.07) is 11.5. The predicted octanol–water partition coefficient (Wildman–Crippen LogP) is 3.51. The first-order valence-electron chi connectivity index (χ1n) is 8.03. The number of likely N-dealkylation sites (N-methyl/N-ethyl adjacent to an activating group) is 1. The minimum atomic E-state index is -0.320. The number of benzene rings is 1. The van der Waals surface area contributed by atoms with Gasteiger partial charge in [0.15, 0.2) is 5.11 Å². The number of rotatable bonds is 7. The van der Waals surface area contributed by atoms with E-state index < -0.39 is 0 Å². The van der Waals surface area contributed by atoms with Crippen molar-refractivity contribution in [2.75, 3.05) is 32.6 Å². The largest absolute Gasteiger partial charge is 0.462 e. The number of hydrogen-bond donors (Lipinski definition) is 2. The summed E-state index contributed by atoms with van der Waals surface area (Å²) in [6.45, 7) is 2.86. The number of thiocarbonyl (C=S) groups is 1. The number of nitrogens with one attached hydrogen (secondary N) is 2. The first-order chi connectivity index (χ1) is 12.0. The second kappa shape index (κ2) is 9.50. The van der Waals surface area contributed by atoms with Gasteiger partial charge in [0.2, 0.25) is 0 Å².